The Hall–Kier alpha value is -0.160. The molecule has 0 amide bonds. The number of ether oxygens (including phenoxy) is 4. The summed E-state index contributed by atoms with van der Waals surface area (Å²) in [5.74, 6) is 0. The molecule has 0 aromatic rings. The third kappa shape index (κ3) is 3.42. The lowest BCUT2D eigenvalue weighted by Crippen LogP contribution is -2.53. The molecule has 16 heavy (non-hydrogen) atoms. The van der Waals surface area contributed by atoms with Crippen LogP contribution in [-0.4, -0.2) is 44.2 Å². The molecule has 2 radical (unpaired) electrons. The van der Waals surface area contributed by atoms with Crippen LogP contribution in [0, 0.1) is 6.61 Å². The van der Waals surface area contributed by atoms with Crippen LogP contribution in [0.25, 0.3) is 0 Å². The van der Waals surface area contributed by atoms with Crippen molar-refractivity contribution in [3.63, 3.8) is 0 Å². The van der Waals surface area contributed by atoms with Crippen LogP contribution < -0.4 is 0 Å². The maximum absolute atomic E-state index is 5.69. The molecule has 1 saturated heterocycles. The average molecular weight is 230 g/mol. The summed E-state index contributed by atoms with van der Waals surface area (Å²) in [5.41, 5.74) is 0. The second-order valence-electron chi connectivity index (χ2n) is 3.66. The van der Waals surface area contributed by atoms with E-state index < -0.39 is 0 Å². The van der Waals surface area contributed by atoms with Crippen molar-refractivity contribution >= 4 is 0 Å². The van der Waals surface area contributed by atoms with E-state index >= 15 is 0 Å². The predicted octanol–water partition coefficient (Wildman–Crippen LogP) is 1.66. The molecule has 0 aromatic heterocycles. The first-order valence-electron chi connectivity index (χ1n) is 6.00. The minimum atomic E-state index is -0.266. The first kappa shape index (κ1) is 13.9. The van der Waals surface area contributed by atoms with Crippen LogP contribution in [0.4, 0.5) is 0 Å². The van der Waals surface area contributed by atoms with E-state index in [2.05, 4.69) is 6.61 Å². The summed E-state index contributed by atoms with van der Waals surface area (Å²) < 4.78 is 22.3. The Bertz CT molecular complexity index is 186. The fourth-order valence-corrected chi connectivity index (χ4v) is 1.85. The summed E-state index contributed by atoms with van der Waals surface area (Å²) in [7, 11) is 0. The molecule has 4 nitrogen and oxygen atoms in total. The minimum absolute atomic E-state index is 0.0480. The summed E-state index contributed by atoms with van der Waals surface area (Å²) in [6.45, 7) is 12.6. The molecule has 0 bridgehead atoms. The standard InChI is InChI=1S/C12H22O4/c1-5-13-10-8-16-9(4)11(14-6-2)12(10)15-7-3/h9-12H,5-7H2,1-4H3/t9-,10+,11-,12+/m0/s1. The normalized spacial score (nSPS) is 35.2. The van der Waals surface area contributed by atoms with E-state index in [9.17, 15) is 0 Å². The summed E-state index contributed by atoms with van der Waals surface area (Å²) in [6, 6.07) is 0. The highest BCUT2D eigenvalue weighted by molar-refractivity contribution is 4.93. The molecule has 4 heteroatoms. The number of rotatable bonds is 6. The van der Waals surface area contributed by atoms with E-state index in [1.807, 2.05) is 27.7 Å². The zero-order valence-electron chi connectivity index (χ0n) is 10.6. The van der Waals surface area contributed by atoms with E-state index in [-0.39, 0.29) is 24.4 Å². The van der Waals surface area contributed by atoms with Gasteiger partial charge in [0.1, 0.15) is 18.3 Å². The van der Waals surface area contributed by atoms with E-state index in [1.165, 1.54) is 0 Å². The Morgan fingerprint density at radius 1 is 0.938 bits per heavy atom. The highest BCUT2D eigenvalue weighted by Gasteiger charge is 2.41. The second-order valence-corrected chi connectivity index (χ2v) is 3.66. The Labute approximate surface area is 98.2 Å². The number of hydrogen-bond acceptors (Lipinski definition) is 4. The molecule has 94 valence electrons. The van der Waals surface area contributed by atoms with Crippen LogP contribution in [0.5, 0.6) is 0 Å². The molecule has 1 fully saturated rings. The molecule has 0 aliphatic carbocycles. The number of hydrogen-bond donors (Lipinski definition) is 0. The van der Waals surface area contributed by atoms with Crippen LogP contribution in [0.15, 0.2) is 0 Å². The summed E-state index contributed by atoms with van der Waals surface area (Å²) in [5, 5.41) is 0. The SMILES string of the molecule is CCO[C@@H]1[C@H](OCC)[C@H](OCC)[C]O[C@H]1C. The van der Waals surface area contributed by atoms with Gasteiger partial charge in [-0.1, -0.05) is 0 Å². The van der Waals surface area contributed by atoms with E-state index in [4.69, 9.17) is 18.9 Å². The lowest BCUT2D eigenvalue weighted by Gasteiger charge is -2.39. The molecule has 4 atom stereocenters. The third-order valence-corrected chi connectivity index (χ3v) is 2.52. The van der Waals surface area contributed by atoms with Crippen molar-refractivity contribution in [1.82, 2.24) is 0 Å². The van der Waals surface area contributed by atoms with Gasteiger partial charge in [-0.15, -0.1) is 0 Å². The third-order valence-electron chi connectivity index (χ3n) is 2.52. The molecule has 1 aliphatic heterocycles. The van der Waals surface area contributed by atoms with Gasteiger partial charge in [-0.25, -0.2) is 0 Å². The zero-order chi connectivity index (χ0) is 12.0. The van der Waals surface area contributed by atoms with Gasteiger partial charge in [0.15, 0.2) is 6.61 Å². The van der Waals surface area contributed by atoms with Gasteiger partial charge in [-0.3, -0.25) is 0 Å². The molecule has 0 N–H and O–H groups in total. The maximum Gasteiger partial charge on any atom is 0.166 e. The molecular weight excluding hydrogens is 208 g/mol. The fourth-order valence-electron chi connectivity index (χ4n) is 1.85. The van der Waals surface area contributed by atoms with Crippen LogP contribution in [0.2, 0.25) is 0 Å². The zero-order valence-corrected chi connectivity index (χ0v) is 10.6. The minimum Gasteiger partial charge on any atom is -0.373 e. The van der Waals surface area contributed by atoms with Crippen molar-refractivity contribution in [1.29, 1.82) is 0 Å². The van der Waals surface area contributed by atoms with Crippen molar-refractivity contribution in [2.75, 3.05) is 19.8 Å². The van der Waals surface area contributed by atoms with Crippen LogP contribution in [0.3, 0.4) is 0 Å². The smallest absolute Gasteiger partial charge is 0.166 e. The lowest BCUT2D eigenvalue weighted by molar-refractivity contribution is -0.202. The van der Waals surface area contributed by atoms with Gasteiger partial charge in [-0.2, -0.15) is 0 Å². The van der Waals surface area contributed by atoms with Gasteiger partial charge in [0.05, 0.1) is 6.10 Å². The quantitative estimate of drug-likeness (QED) is 0.695. The van der Waals surface area contributed by atoms with Gasteiger partial charge >= 0.3 is 0 Å². The van der Waals surface area contributed by atoms with Crippen molar-refractivity contribution in [2.24, 2.45) is 0 Å². The Balaban J connectivity index is 2.65. The molecule has 0 aromatic carbocycles. The summed E-state index contributed by atoms with van der Waals surface area (Å²) in [4.78, 5) is 0. The second kappa shape index (κ2) is 7.22. The first-order chi connectivity index (χ1) is 7.74. The van der Waals surface area contributed by atoms with Crippen LogP contribution in [0.1, 0.15) is 27.7 Å². The molecule has 0 unspecified atom stereocenters. The highest BCUT2D eigenvalue weighted by Crippen LogP contribution is 2.25. The molecule has 1 rings (SSSR count). The van der Waals surface area contributed by atoms with Gasteiger partial charge in [-0.05, 0) is 27.7 Å². The van der Waals surface area contributed by atoms with Crippen LogP contribution in [-0.2, 0) is 18.9 Å². The van der Waals surface area contributed by atoms with Gasteiger partial charge in [0.25, 0.3) is 0 Å². The lowest BCUT2D eigenvalue weighted by atomic mass is 10.0. The van der Waals surface area contributed by atoms with Gasteiger partial charge < -0.3 is 18.9 Å². The first-order valence-corrected chi connectivity index (χ1v) is 6.00. The van der Waals surface area contributed by atoms with E-state index in [0.29, 0.717) is 19.8 Å². The topological polar surface area (TPSA) is 36.9 Å². The van der Waals surface area contributed by atoms with Crippen molar-refractivity contribution in [2.45, 2.75) is 52.1 Å². The summed E-state index contributed by atoms with van der Waals surface area (Å²) >= 11 is 0. The maximum atomic E-state index is 5.69. The Morgan fingerprint density at radius 3 is 2.06 bits per heavy atom. The Morgan fingerprint density at radius 2 is 1.50 bits per heavy atom. The van der Waals surface area contributed by atoms with E-state index in [0.717, 1.165) is 0 Å². The monoisotopic (exact) mass is 230 g/mol. The van der Waals surface area contributed by atoms with Crippen LogP contribution >= 0.6 is 0 Å². The molecule has 0 saturated carbocycles. The highest BCUT2D eigenvalue weighted by atomic mass is 16.6. The van der Waals surface area contributed by atoms with Crippen molar-refractivity contribution in [3.8, 4) is 0 Å². The predicted molar refractivity (Wildman–Crippen MR) is 60.0 cm³/mol. The average Bonchev–Trinajstić information content (AvgIpc) is 2.27. The Kier molecular flexibility index (Phi) is 6.28. The molecular formula is C12H22O4. The van der Waals surface area contributed by atoms with E-state index in [1.54, 1.807) is 0 Å². The van der Waals surface area contributed by atoms with Crippen molar-refractivity contribution < 1.29 is 18.9 Å². The van der Waals surface area contributed by atoms with Crippen molar-refractivity contribution in [3.05, 3.63) is 6.61 Å². The largest absolute Gasteiger partial charge is 0.373 e. The van der Waals surface area contributed by atoms with Gasteiger partial charge in [0, 0.05) is 19.8 Å². The van der Waals surface area contributed by atoms with Gasteiger partial charge in [0.2, 0.25) is 0 Å². The molecule has 1 heterocycles. The fraction of sp³-hybridized carbons (Fsp3) is 0.917. The molecule has 1 aliphatic rings. The molecule has 0 spiro atoms. The summed E-state index contributed by atoms with van der Waals surface area (Å²) in [6.07, 6.45) is -0.540.